The molecule has 1 aromatic heterocycles. The molecule has 0 spiro atoms. The van der Waals surface area contributed by atoms with Gasteiger partial charge in [0.05, 0.1) is 10.6 Å². The number of carbonyl (C=O) groups excluding carboxylic acids is 1. The highest BCUT2D eigenvalue weighted by atomic mass is 32.2. The maximum Gasteiger partial charge on any atom is 0.273 e. The van der Waals surface area contributed by atoms with E-state index in [2.05, 4.69) is 15.5 Å². The molecule has 0 bridgehead atoms. The van der Waals surface area contributed by atoms with E-state index in [9.17, 15) is 23.3 Å². The van der Waals surface area contributed by atoms with Crippen LogP contribution in [0.5, 0.6) is 0 Å². The molecule has 2 aromatic carbocycles. The third-order valence-corrected chi connectivity index (χ3v) is 5.18. The van der Waals surface area contributed by atoms with Gasteiger partial charge in [-0.05, 0) is 37.3 Å². The fourth-order valence-electron chi connectivity index (χ4n) is 2.66. The van der Waals surface area contributed by atoms with Crippen LogP contribution in [0.25, 0.3) is 11.3 Å². The van der Waals surface area contributed by atoms with Crippen LogP contribution in [0.4, 0.5) is 11.4 Å². The lowest BCUT2D eigenvalue weighted by atomic mass is 10.1. The number of sulfone groups is 1. The smallest absolute Gasteiger partial charge is 0.273 e. The second kappa shape index (κ2) is 7.76. The Hall–Kier alpha value is -3.66. The molecule has 1 amide bonds. The zero-order valence-electron chi connectivity index (χ0n) is 15.5. The summed E-state index contributed by atoms with van der Waals surface area (Å²) in [5, 5.41) is 21.2. The molecule has 0 unspecified atom stereocenters. The summed E-state index contributed by atoms with van der Waals surface area (Å²) >= 11 is 0. The van der Waals surface area contributed by atoms with Gasteiger partial charge in [0.1, 0.15) is 0 Å². The van der Waals surface area contributed by atoms with Crippen LogP contribution in [0, 0.1) is 17.0 Å². The van der Waals surface area contributed by atoms with Crippen LogP contribution in [-0.4, -0.2) is 35.7 Å². The number of benzene rings is 2. The number of hydrogen-bond acceptors (Lipinski definition) is 7. The molecule has 9 nitrogen and oxygen atoms in total. The number of rotatable bonds is 5. The zero-order valence-corrected chi connectivity index (χ0v) is 16.3. The van der Waals surface area contributed by atoms with Gasteiger partial charge in [-0.15, -0.1) is 10.2 Å². The molecule has 3 rings (SSSR count). The molecule has 0 saturated heterocycles. The van der Waals surface area contributed by atoms with Crippen LogP contribution in [0.15, 0.2) is 59.6 Å². The minimum Gasteiger partial charge on any atom is -0.322 e. The van der Waals surface area contributed by atoms with Crippen LogP contribution in [0.1, 0.15) is 15.9 Å². The number of aromatic nitrogens is 2. The van der Waals surface area contributed by atoms with Crippen LogP contribution in [0.3, 0.4) is 0 Å². The fourth-order valence-corrected chi connectivity index (χ4v) is 3.17. The number of amides is 1. The van der Waals surface area contributed by atoms with Gasteiger partial charge < -0.3 is 5.32 Å². The lowest BCUT2D eigenvalue weighted by Crippen LogP contribution is -2.14. The van der Waals surface area contributed by atoms with Crippen molar-refractivity contribution in [3.8, 4) is 11.3 Å². The standard InChI is InChI=1S/C19H16N4O5S/c1-12-15(4-3-5-17(12)23(25)26)19(24)20-14-8-6-13(7-9-14)16-10-11-18(22-21-16)29(2,27)28/h3-11H,1-2H3,(H,20,24). The van der Waals surface area contributed by atoms with E-state index in [1.54, 1.807) is 30.3 Å². The summed E-state index contributed by atoms with van der Waals surface area (Å²) in [5.41, 5.74) is 2.03. The monoisotopic (exact) mass is 412 g/mol. The van der Waals surface area contributed by atoms with Gasteiger partial charge in [0.15, 0.2) is 14.9 Å². The molecule has 1 heterocycles. The van der Waals surface area contributed by atoms with Gasteiger partial charge in [-0.25, -0.2) is 8.42 Å². The van der Waals surface area contributed by atoms with Crippen molar-refractivity contribution in [3.05, 3.63) is 75.8 Å². The Morgan fingerprint density at radius 1 is 1.03 bits per heavy atom. The molecule has 0 saturated carbocycles. The van der Waals surface area contributed by atoms with E-state index in [0.717, 1.165) is 6.26 Å². The van der Waals surface area contributed by atoms with Crippen molar-refractivity contribution in [1.82, 2.24) is 10.2 Å². The zero-order chi connectivity index (χ0) is 21.2. The summed E-state index contributed by atoms with van der Waals surface area (Å²) in [6, 6.07) is 13.9. The number of nitro groups is 1. The summed E-state index contributed by atoms with van der Waals surface area (Å²) in [6.07, 6.45) is 1.05. The van der Waals surface area contributed by atoms with Crippen molar-refractivity contribution in [2.45, 2.75) is 11.9 Å². The SMILES string of the molecule is Cc1c(C(=O)Nc2ccc(-c3ccc(S(C)(=O)=O)nn3)cc2)cccc1[N+](=O)[O-]. The Kier molecular flexibility index (Phi) is 5.37. The summed E-state index contributed by atoms with van der Waals surface area (Å²) < 4.78 is 22.9. The lowest BCUT2D eigenvalue weighted by molar-refractivity contribution is -0.385. The molecule has 1 N–H and O–H groups in total. The summed E-state index contributed by atoms with van der Waals surface area (Å²) in [6.45, 7) is 1.52. The second-order valence-electron chi connectivity index (χ2n) is 6.27. The van der Waals surface area contributed by atoms with Crippen molar-refractivity contribution in [1.29, 1.82) is 0 Å². The first-order chi connectivity index (χ1) is 13.7. The Morgan fingerprint density at radius 3 is 2.28 bits per heavy atom. The van der Waals surface area contributed by atoms with Gasteiger partial charge in [-0.2, -0.15) is 0 Å². The maximum absolute atomic E-state index is 12.5. The first-order valence-corrected chi connectivity index (χ1v) is 10.3. The molecule has 0 fully saturated rings. The highest BCUT2D eigenvalue weighted by Gasteiger charge is 2.18. The number of nitrogens with zero attached hydrogens (tertiary/aromatic N) is 3. The van der Waals surface area contributed by atoms with Gasteiger partial charge in [0, 0.05) is 34.7 Å². The molecule has 148 valence electrons. The topological polar surface area (TPSA) is 132 Å². The van der Waals surface area contributed by atoms with Crippen LogP contribution in [-0.2, 0) is 9.84 Å². The molecule has 0 aliphatic heterocycles. The average Bonchev–Trinajstić information content (AvgIpc) is 2.68. The van der Waals surface area contributed by atoms with E-state index in [0.29, 0.717) is 16.9 Å². The minimum atomic E-state index is -3.42. The average molecular weight is 412 g/mol. The van der Waals surface area contributed by atoms with Gasteiger partial charge >= 0.3 is 0 Å². The third kappa shape index (κ3) is 4.43. The van der Waals surface area contributed by atoms with Gasteiger partial charge in [0.2, 0.25) is 0 Å². The normalized spacial score (nSPS) is 11.1. The number of anilines is 1. The third-order valence-electron chi connectivity index (χ3n) is 4.21. The molecule has 0 aliphatic rings. The molecule has 0 aliphatic carbocycles. The minimum absolute atomic E-state index is 0.113. The van der Waals surface area contributed by atoms with Gasteiger partial charge in [-0.3, -0.25) is 14.9 Å². The Balaban J connectivity index is 1.78. The highest BCUT2D eigenvalue weighted by Crippen LogP contribution is 2.23. The van der Waals surface area contributed by atoms with Crippen molar-refractivity contribution >= 4 is 27.1 Å². The highest BCUT2D eigenvalue weighted by molar-refractivity contribution is 7.90. The summed E-state index contributed by atoms with van der Waals surface area (Å²) in [5.74, 6) is -0.462. The second-order valence-corrected chi connectivity index (χ2v) is 8.23. The van der Waals surface area contributed by atoms with Gasteiger partial charge in [-0.1, -0.05) is 18.2 Å². The molecule has 29 heavy (non-hydrogen) atoms. The first-order valence-electron chi connectivity index (χ1n) is 8.36. The van der Waals surface area contributed by atoms with Crippen molar-refractivity contribution in [2.75, 3.05) is 11.6 Å². The van der Waals surface area contributed by atoms with E-state index in [1.807, 2.05) is 0 Å². The molecule has 10 heteroatoms. The lowest BCUT2D eigenvalue weighted by Gasteiger charge is -2.09. The molecular weight excluding hydrogens is 396 g/mol. The van der Waals surface area contributed by atoms with Crippen molar-refractivity contribution in [3.63, 3.8) is 0 Å². The molecule has 3 aromatic rings. The number of nitro benzene ring substituents is 1. The Bertz CT molecular complexity index is 1190. The largest absolute Gasteiger partial charge is 0.322 e. The van der Waals surface area contributed by atoms with E-state index in [4.69, 9.17) is 0 Å². The van der Waals surface area contributed by atoms with E-state index >= 15 is 0 Å². The van der Waals surface area contributed by atoms with Gasteiger partial charge in [0.25, 0.3) is 11.6 Å². The Labute approximate surface area is 166 Å². The number of carbonyl (C=O) groups is 1. The van der Waals surface area contributed by atoms with E-state index < -0.39 is 20.7 Å². The fraction of sp³-hybridized carbons (Fsp3) is 0.105. The van der Waals surface area contributed by atoms with E-state index in [-0.39, 0.29) is 21.8 Å². The predicted octanol–water partition coefficient (Wildman–Crippen LogP) is 3.02. The van der Waals surface area contributed by atoms with Crippen molar-refractivity contribution < 1.29 is 18.1 Å². The van der Waals surface area contributed by atoms with Crippen LogP contribution >= 0.6 is 0 Å². The number of hydrogen-bond donors (Lipinski definition) is 1. The van der Waals surface area contributed by atoms with Crippen LogP contribution < -0.4 is 5.32 Å². The molecular formula is C19H16N4O5S. The predicted molar refractivity (Wildman–Crippen MR) is 106 cm³/mol. The molecule has 0 atom stereocenters. The Morgan fingerprint density at radius 2 is 1.72 bits per heavy atom. The quantitative estimate of drug-likeness (QED) is 0.503. The first kappa shape index (κ1) is 20.1. The number of nitrogens with one attached hydrogen (secondary N) is 1. The summed E-state index contributed by atoms with van der Waals surface area (Å²) in [7, 11) is -3.42. The maximum atomic E-state index is 12.5. The van der Waals surface area contributed by atoms with Crippen LogP contribution in [0.2, 0.25) is 0 Å². The van der Waals surface area contributed by atoms with E-state index in [1.165, 1.54) is 31.2 Å². The molecule has 0 radical (unpaired) electrons. The summed E-state index contributed by atoms with van der Waals surface area (Å²) in [4.78, 5) is 23.0. The van der Waals surface area contributed by atoms with Crippen molar-refractivity contribution in [2.24, 2.45) is 0 Å².